The van der Waals surface area contributed by atoms with Crippen molar-refractivity contribution in [3.05, 3.63) is 95.6 Å². The number of para-hydroxylation sites is 1. The minimum absolute atomic E-state index is 0.198. The van der Waals surface area contributed by atoms with Crippen LogP contribution in [0.15, 0.2) is 73.2 Å². The van der Waals surface area contributed by atoms with Gasteiger partial charge in [0.25, 0.3) is 5.91 Å². The molecule has 0 fully saturated rings. The topological polar surface area (TPSA) is 77.6 Å². The molecule has 0 bridgehead atoms. The first kappa shape index (κ1) is 21.6. The molecule has 0 unspecified atom stereocenters. The fourth-order valence-corrected chi connectivity index (χ4v) is 4.19. The van der Waals surface area contributed by atoms with Gasteiger partial charge in [-0.2, -0.15) is 10.2 Å². The zero-order valence-corrected chi connectivity index (χ0v) is 19.5. The van der Waals surface area contributed by atoms with Gasteiger partial charge in [-0.3, -0.25) is 14.2 Å². The summed E-state index contributed by atoms with van der Waals surface area (Å²) in [7, 11) is 0. The van der Waals surface area contributed by atoms with Gasteiger partial charge in [0.15, 0.2) is 0 Å². The van der Waals surface area contributed by atoms with Crippen LogP contribution in [-0.4, -0.2) is 30.5 Å². The number of benzene rings is 2. The minimum atomic E-state index is -0.198. The third-order valence-electron chi connectivity index (χ3n) is 6.12. The predicted molar refractivity (Wildman–Crippen MR) is 134 cm³/mol. The van der Waals surface area contributed by atoms with E-state index in [2.05, 4.69) is 41.5 Å². The minimum Gasteiger partial charge on any atom is -0.319 e. The molecule has 7 heteroatoms. The number of anilines is 1. The van der Waals surface area contributed by atoms with Gasteiger partial charge in [-0.25, -0.2) is 4.98 Å². The molecular weight excluding hydrogens is 424 g/mol. The number of aryl methyl sites for hydroxylation is 2. The monoisotopic (exact) mass is 450 g/mol. The Kier molecular flexibility index (Phi) is 5.67. The first-order valence-electron chi connectivity index (χ1n) is 11.3. The molecule has 3 aromatic heterocycles. The number of aromatic nitrogens is 5. The van der Waals surface area contributed by atoms with Crippen LogP contribution in [0.3, 0.4) is 0 Å². The fourth-order valence-electron chi connectivity index (χ4n) is 4.19. The molecule has 7 nitrogen and oxygen atoms in total. The standard InChI is InChI=1S/C27H26N6O/c1-4-33-19(3)24(15-29-33)26-13-23(22-11-7-8-12-25(22)31-26)27(34)30-21-14-28-32(17-21)16-20-10-6-5-9-18(20)2/h5-15,17H,4,16H2,1-3H3,(H,30,34). The lowest BCUT2D eigenvalue weighted by molar-refractivity contribution is 0.102. The van der Waals surface area contributed by atoms with E-state index in [1.165, 1.54) is 11.1 Å². The maximum atomic E-state index is 13.4. The lowest BCUT2D eigenvalue weighted by Crippen LogP contribution is -2.13. The molecule has 0 aliphatic heterocycles. The van der Waals surface area contributed by atoms with Gasteiger partial charge in [-0.05, 0) is 44.0 Å². The first-order valence-corrected chi connectivity index (χ1v) is 11.3. The number of hydrogen-bond donors (Lipinski definition) is 1. The van der Waals surface area contributed by atoms with Gasteiger partial charge in [0.2, 0.25) is 0 Å². The summed E-state index contributed by atoms with van der Waals surface area (Å²) in [5, 5.41) is 12.7. The Morgan fingerprint density at radius 2 is 1.79 bits per heavy atom. The molecule has 2 aromatic carbocycles. The average Bonchev–Trinajstić information content (AvgIpc) is 3.45. The molecule has 0 radical (unpaired) electrons. The van der Waals surface area contributed by atoms with E-state index in [1.54, 1.807) is 6.20 Å². The van der Waals surface area contributed by atoms with Crippen LogP contribution in [0.2, 0.25) is 0 Å². The van der Waals surface area contributed by atoms with Crippen molar-refractivity contribution in [2.75, 3.05) is 5.32 Å². The van der Waals surface area contributed by atoms with E-state index in [-0.39, 0.29) is 5.91 Å². The van der Waals surface area contributed by atoms with Gasteiger partial charge in [-0.1, -0.05) is 42.5 Å². The number of amides is 1. The van der Waals surface area contributed by atoms with Crippen LogP contribution in [-0.2, 0) is 13.1 Å². The Morgan fingerprint density at radius 1 is 1.00 bits per heavy atom. The predicted octanol–water partition coefficient (Wildman–Crippen LogP) is 5.23. The van der Waals surface area contributed by atoms with E-state index < -0.39 is 0 Å². The first-order chi connectivity index (χ1) is 16.5. The smallest absolute Gasteiger partial charge is 0.256 e. The second kappa shape index (κ2) is 8.94. The van der Waals surface area contributed by atoms with E-state index >= 15 is 0 Å². The number of hydrogen-bond acceptors (Lipinski definition) is 4. The summed E-state index contributed by atoms with van der Waals surface area (Å²) >= 11 is 0. The maximum Gasteiger partial charge on any atom is 0.256 e. The molecule has 0 spiro atoms. The number of fused-ring (bicyclic) bond motifs is 1. The van der Waals surface area contributed by atoms with Crippen LogP contribution >= 0.6 is 0 Å². The lowest BCUT2D eigenvalue weighted by Gasteiger charge is -2.10. The number of carbonyl (C=O) groups is 1. The van der Waals surface area contributed by atoms with Crippen LogP contribution in [0, 0.1) is 13.8 Å². The van der Waals surface area contributed by atoms with Crippen molar-refractivity contribution in [3.63, 3.8) is 0 Å². The molecular formula is C27H26N6O. The van der Waals surface area contributed by atoms with Gasteiger partial charge < -0.3 is 5.32 Å². The Hall–Kier alpha value is -4.26. The van der Waals surface area contributed by atoms with Gasteiger partial charge in [0, 0.05) is 29.4 Å². The van der Waals surface area contributed by atoms with E-state index in [0.29, 0.717) is 17.8 Å². The third kappa shape index (κ3) is 4.08. The normalized spacial score (nSPS) is 11.1. The van der Waals surface area contributed by atoms with Crippen LogP contribution in [0.1, 0.15) is 34.1 Å². The van der Waals surface area contributed by atoms with E-state index in [9.17, 15) is 4.79 Å². The molecule has 1 amide bonds. The van der Waals surface area contributed by atoms with Crippen molar-refractivity contribution in [3.8, 4) is 11.3 Å². The number of nitrogens with one attached hydrogen (secondary N) is 1. The zero-order valence-electron chi connectivity index (χ0n) is 19.5. The molecule has 3 heterocycles. The van der Waals surface area contributed by atoms with Crippen molar-refractivity contribution in [1.82, 2.24) is 24.5 Å². The summed E-state index contributed by atoms with van der Waals surface area (Å²) in [6, 6.07) is 17.8. The largest absolute Gasteiger partial charge is 0.319 e. The van der Waals surface area contributed by atoms with E-state index in [1.807, 2.05) is 71.1 Å². The van der Waals surface area contributed by atoms with Gasteiger partial charge in [0.05, 0.1) is 41.4 Å². The highest BCUT2D eigenvalue weighted by Gasteiger charge is 2.17. The Morgan fingerprint density at radius 3 is 2.59 bits per heavy atom. The molecule has 0 saturated heterocycles. The Labute approximate surface area is 198 Å². The molecule has 0 saturated carbocycles. The molecule has 34 heavy (non-hydrogen) atoms. The second-order valence-corrected chi connectivity index (χ2v) is 8.34. The molecule has 5 rings (SSSR count). The van der Waals surface area contributed by atoms with Crippen molar-refractivity contribution in [2.24, 2.45) is 0 Å². The molecule has 0 aliphatic carbocycles. The van der Waals surface area contributed by atoms with Crippen LogP contribution in [0.25, 0.3) is 22.2 Å². The van der Waals surface area contributed by atoms with Crippen LogP contribution < -0.4 is 5.32 Å². The van der Waals surface area contributed by atoms with Crippen molar-refractivity contribution in [1.29, 1.82) is 0 Å². The lowest BCUT2D eigenvalue weighted by atomic mass is 10.0. The Bertz CT molecular complexity index is 1500. The molecule has 170 valence electrons. The number of rotatable bonds is 6. The third-order valence-corrected chi connectivity index (χ3v) is 6.12. The van der Waals surface area contributed by atoms with Crippen molar-refractivity contribution < 1.29 is 4.79 Å². The van der Waals surface area contributed by atoms with Crippen molar-refractivity contribution in [2.45, 2.75) is 33.9 Å². The summed E-state index contributed by atoms with van der Waals surface area (Å²) in [6.07, 6.45) is 5.34. The summed E-state index contributed by atoms with van der Waals surface area (Å²) < 4.78 is 3.76. The second-order valence-electron chi connectivity index (χ2n) is 8.34. The number of carbonyl (C=O) groups excluding carboxylic acids is 1. The summed E-state index contributed by atoms with van der Waals surface area (Å²) in [6.45, 7) is 7.57. The van der Waals surface area contributed by atoms with Crippen LogP contribution in [0.4, 0.5) is 5.69 Å². The zero-order chi connectivity index (χ0) is 23.7. The number of nitrogens with zero attached hydrogens (tertiary/aromatic N) is 5. The summed E-state index contributed by atoms with van der Waals surface area (Å²) in [4.78, 5) is 18.2. The van der Waals surface area contributed by atoms with Crippen LogP contribution in [0.5, 0.6) is 0 Å². The van der Waals surface area contributed by atoms with E-state index in [0.717, 1.165) is 34.4 Å². The quantitative estimate of drug-likeness (QED) is 0.384. The fraction of sp³-hybridized carbons (Fsp3) is 0.185. The molecule has 0 aliphatic rings. The maximum absolute atomic E-state index is 13.4. The Balaban J connectivity index is 1.46. The van der Waals surface area contributed by atoms with Gasteiger partial charge >= 0.3 is 0 Å². The van der Waals surface area contributed by atoms with E-state index in [4.69, 9.17) is 4.98 Å². The van der Waals surface area contributed by atoms with Crippen molar-refractivity contribution >= 4 is 22.5 Å². The molecule has 1 N–H and O–H groups in total. The van der Waals surface area contributed by atoms with Gasteiger partial charge in [0.1, 0.15) is 0 Å². The number of pyridine rings is 1. The van der Waals surface area contributed by atoms with Gasteiger partial charge in [-0.15, -0.1) is 0 Å². The summed E-state index contributed by atoms with van der Waals surface area (Å²) in [5.74, 6) is -0.198. The highest BCUT2D eigenvalue weighted by atomic mass is 16.1. The highest BCUT2D eigenvalue weighted by molar-refractivity contribution is 6.13. The highest BCUT2D eigenvalue weighted by Crippen LogP contribution is 2.27. The summed E-state index contributed by atoms with van der Waals surface area (Å²) in [5.41, 5.74) is 7.06. The SMILES string of the molecule is CCn1ncc(-c2cc(C(=O)Nc3cnn(Cc4ccccc4C)c3)c3ccccc3n2)c1C. The average molecular weight is 451 g/mol. The molecule has 5 aromatic rings. The molecule has 0 atom stereocenters.